The van der Waals surface area contributed by atoms with Crippen LogP contribution in [0.1, 0.15) is 36.6 Å². The molecule has 0 unspecified atom stereocenters. The summed E-state index contributed by atoms with van der Waals surface area (Å²) >= 11 is 0. The number of tetrazole rings is 1. The molecule has 1 amide bonds. The van der Waals surface area contributed by atoms with Crippen molar-refractivity contribution in [1.82, 2.24) is 39.6 Å². The summed E-state index contributed by atoms with van der Waals surface area (Å²) in [6.45, 7) is 2.78. The quantitative estimate of drug-likeness (QED) is 0.649. The van der Waals surface area contributed by atoms with Gasteiger partial charge in [0.2, 0.25) is 5.91 Å². The predicted octanol–water partition coefficient (Wildman–Crippen LogP) is 1.11. The molecule has 1 aliphatic heterocycles. The van der Waals surface area contributed by atoms with E-state index < -0.39 is 0 Å². The summed E-state index contributed by atoms with van der Waals surface area (Å²) in [7, 11) is 0. The number of aromatic nitrogens is 7. The molecular formula is C18H22N8O. The average molecular weight is 366 g/mol. The lowest BCUT2D eigenvalue weighted by Gasteiger charge is -2.32. The molecule has 4 rings (SSSR count). The normalized spacial score (nSPS) is 17.2. The Labute approximate surface area is 157 Å². The number of imidazole rings is 1. The van der Waals surface area contributed by atoms with Gasteiger partial charge in [0, 0.05) is 56.8 Å². The lowest BCUT2D eigenvalue weighted by atomic mass is 9.96. The third-order valence-corrected chi connectivity index (χ3v) is 4.94. The number of carbonyl (C=O) groups is 1. The molecule has 1 saturated heterocycles. The Morgan fingerprint density at radius 2 is 2.11 bits per heavy atom. The molecule has 0 aliphatic carbocycles. The van der Waals surface area contributed by atoms with Crippen molar-refractivity contribution < 1.29 is 4.79 Å². The molecule has 1 fully saturated rings. The molecule has 27 heavy (non-hydrogen) atoms. The average Bonchev–Trinajstić information content (AvgIpc) is 3.39. The number of amides is 1. The standard InChI is InChI=1S/C18H22N8O/c27-17(5-10-26-14-21-22-23-26)24-9-1-2-16(13-24)18-20-8-11-25(18)12-15-3-6-19-7-4-15/h3-4,6-8,11,14,16H,1-2,5,9-10,12-13H2/t16-/m0/s1. The second kappa shape index (κ2) is 8.07. The Hall–Kier alpha value is -3.10. The van der Waals surface area contributed by atoms with E-state index in [4.69, 9.17) is 0 Å². The molecule has 0 spiro atoms. The van der Waals surface area contributed by atoms with Crippen molar-refractivity contribution in [3.05, 3.63) is 54.6 Å². The smallest absolute Gasteiger partial charge is 0.224 e. The Morgan fingerprint density at radius 1 is 1.22 bits per heavy atom. The zero-order valence-corrected chi connectivity index (χ0v) is 15.1. The summed E-state index contributed by atoms with van der Waals surface area (Å²) in [5.41, 5.74) is 1.19. The first-order valence-corrected chi connectivity index (χ1v) is 9.18. The van der Waals surface area contributed by atoms with E-state index in [2.05, 4.69) is 30.1 Å². The van der Waals surface area contributed by atoms with Crippen molar-refractivity contribution in [2.24, 2.45) is 0 Å². The van der Waals surface area contributed by atoms with Crippen LogP contribution in [0.25, 0.3) is 0 Å². The molecule has 140 valence electrons. The first-order valence-electron chi connectivity index (χ1n) is 9.18. The van der Waals surface area contributed by atoms with Gasteiger partial charge in [-0.25, -0.2) is 9.67 Å². The largest absolute Gasteiger partial charge is 0.342 e. The second-order valence-corrected chi connectivity index (χ2v) is 6.77. The lowest BCUT2D eigenvalue weighted by molar-refractivity contribution is -0.132. The molecule has 3 aromatic heterocycles. The molecular weight excluding hydrogens is 344 g/mol. The number of hydrogen-bond acceptors (Lipinski definition) is 6. The minimum atomic E-state index is 0.141. The summed E-state index contributed by atoms with van der Waals surface area (Å²) in [5.74, 6) is 1.44. The van der Waals surface area contributed by atoms with Gasteiger partial charge >= 0.3 is 0 Å². The summed E-state index contributed by atoms with van der Waals surface area (Å²) in [5, 5.41) is 11.0. The highest BCUT2D eigenvalue weighted by molar-refractivity contribution is 5.76. The van der Waals surface area contributed by atoms with Gasteiger partial charge in [-0.2, -0.15) is 0 Å². The summed E-state index contributed by atoms with van der Waals surface area (Å²) in [6, 6.07) is 4.03. The van der Waals surface area contributed by atoms with Gasteiger partial charge in [-0.1, -0.05) is 0 Å². The molecule has 9 heteroatoms. The van der Waals surface area contributed by atoms with Gasteiger partial charge in [0.15, 0.2) is 0 Å². The van der Waals surface area contributed by atoms with Crippen LogP contribution in [0.15, 0.2) is 43.2 Å². The first-order chi connectivity index (χ1) is 13.3. The second-order valence-electron chi connectivity index (χ2n) is 6.77. The highest BCUT2D eigenvalue weighted by Crippen LogP contribution is 2.26. The minimum Gasteiger partial charge on any atom is -0.342 e. The highest BCUT2D eigenvalue weighted by atomic mass is 16.2. The van der Waals surface area contributed by atoms with Crippen molar-refractivity contribution in [1.29, 1.82) is 0 Å². The lowest BCUT2D eigenvalue weighted by Crippen LogP contribution is -2.40. The number of piperidine rings is 1. The van der Waals surface area contributed by atoms with Crippen molar-refractivity contribution >= 4 is 5.91 Å². The number of nitrogens with zero attached hydrogens (tertiary/aromatic N) is 8. The van der Waals surface area contributed by atoms with Crippen molar-refractivity contribution in [3.8, 4) is 0 Å². The molecule has 0 N–H and O–H groups in total. The van der Waals surface area contributed by atoms with Gasteiger partial charge in [0.1, 0.15) is 12.2 Å². The summed E-state index contributed by atoms with van der Waals surface area (Å²) in [6.07, 6.45) is 11.4. The van der Waals surface area contributed by atoms with E-state index in [1.165, 1.54) is 11.9 Å². The fourth-order valence-electron chi connectivity index (χ4n) is 3.56. The highest BCUT2D eigenvalue weighted by Gasteiger charge is 2.27. The van der Waals surface area contributed by atoms with Crippen molar-refractivity contribution in [2.45, 2.75) is 38.3 Å². The molecule has 0 saturated carbocycles. The topological polar surface area (TPSA) is 94.6 Å². The fraction of sp³-hybridized carbons (Fsp3) is 0.444. The van der Waals surface area contributed by atoms with E-state index in [9.17, 15) is 4.79 Å². The number of hydrogen-bond donors (Lipinski definition) is 0. The maximum atomic E-state index is 12.6. The Kier molecular flexibility index (Phi) is 5.17. The van der Waals surface area contributed by atoms with E-state index in [0.717, 1.165) is 31.8 Å². The monoisotopic (exact) mass is 366 g/mol. The third kappa shape index (κ3) is 4.18. The number of carbonyl (C=O) groups excluding carboxylic acids is 1. The first kappa shape index (κ1) is 17.3. The SMILES string of the molecule is O=C(CCn1cnnn1)N1CCC[C@H](c2nccn2Cc2ccncc2)C1. The molecule has 4 heterocycles. The molecule has 3 aromatic rings. The minimum absolute atomic E-state index is 0.141. The third-order valence-electron chi connectivity index (χ3n) is 4.94. The Morgan fingerprint density at radius 3 is 2.93 bits per heavy atom. The van der Waals surface area contributed by atoms with Crippen molar-refractivity contribution in [2.75, 3.05) is 13.1 Å². The number of likely N-dealkylation sites (tertiary alicyclic amines) is 1. The van der Waals surface area contributed by atoms with E-state index >= 15 is 0 Å². The zero-order valence-electron chi connectivity index (χ0n) is 15.1. The van der Waals surface area contributed by atoms with Crippen LogP contribution in [-0.4, -0.2) is 58.6 Å². The van der Waals surface area contributed by atoms with Crippen molar-refractivity contribution in [3.63, 3.8) is 0 Å². The van der Waals surface area contributed by atoms with Crippen LogP contribution in [0, 0.1) is 0 Å². The molecule has 0 aromatic carbocycles. The van der Waals surface area contributed by atoms with Crippen LogP contribution < -0.4 is 0 Å². The van der Waals surface area contributed by atoms with E-state index in [-0.39, 0.29) is 11.8 Å². The summed E-state index contributed by atoms with van der Waals surface area (Å²) < 4.78 is 3.76. The Bertz CT molecular complexity index is 861. The van der Waals surface area contributed by atoms with Crippen LogP contribution in [0.2, 0.25) is 0 Å². The molecule has 1 aliphatic rings. The van der Waals surface area contributed by atoms with Gasteiger partial charge in [0.05, 0.1) is 6.54 Å². The predicted molar refractivity (Wildman–Crippen MR) is 96.6 cm³/mol. The fourth-order valence-corrected chi connectivity index (χ4v) is 3.56. The van der Waals surface area contributed by atoms with Crippen LogP contribution in [-0.2, 0) is 17.9 Å². The van der Waals surface area contributed by atoms with Gasteiger partial charge in [-0.3, -0.25) is 9.78 Å². The van der Waals surface area contributed by atoms with Gasteiger partial charge in [-0.05, 0) is 41.0 Å². The zero-order chi connectivity index (χ0) is 18.5. The van der Waals surface area contributed by atoms with Gasteiger partial charge in [-0.15, -0.1) is 5.10 Å². The number of aryl methyl sites for hydroxylation is 1. The maximum Gasteiger partial charge on any atom is 0.224 e. The Balaban J connectivity index is 1.40. The maximum absolute atomic E-state index is 12.6. The molecule has 1 atom stereocenters. The van der Waals surface area contributed by atoms with Gasteiger partial charge in [0.25, 0.3) is 0 Å². The molecule has 0 radical (unpaired) electrons. The van der Waals surface area contributed by atoms with E-state index in [1.807, 2.05) is 29.4 Å². The van der Waals surface area contributed by atoms with Crippen LogP contribution in [0.5, 0.6) is 0 Å². The van der Waals surface area contributed by atoms with Gasteiger partial charge < -0.3 is 9.47 Å². The van der Waals surface area contributed by atoms with E-state index in [1.54, 1.807) is 17.1 Å². The number of rotatable bonds is 6. The van der Waals surface area contributed by atoms with E-state index in [0.29, 0.717) is 19.5 Å². The molecule has 0 bridgehead atoms. The van der Waals surface area contributed by atoms with Crippen LogP contribution >= 0.6 is 0 Å². The number of pyridine rings is 1. The van der Waals surface area contributed by atoms with Crippen LogP contribution in [0.3, 0.4) is 0 Å². The molecule has 9 nitrogen and oxygen atoms in total. The summed E-state index contributed by atoms with van der Waals surface area (Å²) in [4.78, 5) is 23.2. The van der Waals surface area contributed by atoms with Crippen LogP contribution in [0.4, 0.5) is 0 Å².